The maximum Gasteiger partial charge on any atom is 0.449 e. The smallest absolute Gasteiger partial charge is 0.303 e. The van der Waals surface area contributed by atoms with Gasteiger partial charge >= 0.3 is 6.18 Å². The number of nitrogens with one attached hydrogen (secondary N) is 1. The largest absolute Gasteiger partial charge is 0.449 e. The molecule has 0 bridgehead atoms. The fourth-order valence-corrected chi connectivity index (χ4v) is 3.59. The van der Waals surface area contributed by atoms with Gasteiger partial charge in [-0.3, -0.25) is 14.7 Å². The van der Waals surface area contributed by atoms with Gasteiger partial charge in [0.05, 0.1) is 17.0 Å². The first-order valence-corrected chi connectivity index (χ1v) is 9.30. The van der Waals surface area contributed by atoms with Crippen LogP contribution in [0.15, 0.2) is 47.4 Å². The molecule has 0 saturated carbocycles. The predicted molar refractivity (Wildman–Crippen MR) is 102 cm³/mol. The monoisotopic (exact) mass is 420 g/mol. The summed E-state index contributed by atoms with van der Waals surface area (Å²) in [4.78, 5) is 24.0. The Labute approximate surface area is 169 Å². The molecule has 1 aromatic carbocycles. The molecule has 2 aromatic heterocycles. The fraction of sp³-hybridized carbons (Fsp3) is 0.250. The Balaban J connectivity index is 1.50. The van der Waals surface area contributed by atoms with E-state index in [-0.39, 0.29) is 24.2 Å². The molecule has 0 amide bonds. The fourth-order valence-electron chi connectivity index (χ4n) is 3.35. The van der Waals surface area contributed by atoms with Gasteiger partial charge in [-0.15, -0.1) is 0 Å². The van der Waals surface area contributed by atoms with E-state index >= 15 is 0 Å². The Morgan fingerprint density at radius 1 is 1.17 bits per heavy atom. The maximum atomic E-state index is 12.8. The second-order valence-electron chi connectivity index (χ2n) is 6.83. The van der Waals surface area contributed by atoms with Crippen molar-refractivity contribution in [1.29, 1.82) is 0 Å². The zero-order chi connectivity index (χ0) is 20.6. The van der Waals surface area contributed by atoms with Crippen molar-refractivity contribution in [3.63, 3.8) is 0 Å². The van der Waals surface area contributed by atoms with Crippen molar-refractivity contribution >= 4 is 11.6 Å². The Morgan fingerprint density at radius 2 is 1.97 bits per heavy atom. The summed E-state index contributed by atoms with van der Waals surface area (Å²) in [6.07, 6.45) is -2.64. The summed E-state index contributed by atoms with van der Waals surface area (Å²) < 4.78 is 38.5. The molecule has 3 heterocycles. The lowest BCUT2D eigenvalue weighted by Gasteiger charge is -2.27. The zero-order valence-electron chi connectivity index (χ0n) is 15.1. The van der Waals surface area contributed by atoms with Gasteiger partial charge in [0.15, 0.2) is 0 Å². The molecule has 1 aliphatic heterocycles. The lowest BCUT2D eigenvalue weighted by atomic mass is 10.1. The molecule has 0 unspecified atom stereocenters. The number of pyridine rings is 1. The Bertz CT molecular complexity index is 1100. The quantitative estimate of drug-likeness (QED) is 0.694. The van der Waals surface area contributed by atoms with Crippen LogP contribution in [0.5, 0.6) is 0 Å². The molecule has 29 heavy (non-hydrogen) atoms. The topological polar surface area (TPSA) is 61.9 Å². The van der Waals surface area contributed by atoms with Gasteiger partial charge in [-0.1, -0.05) is 35.9 Å². The number of nitrogens with zero attached hydrogens (tertiary/aromatic N) is 3. The van der Waals surface area contributed by atoms with Gasteiger partial charge in [0.1, 0.15) is 0 Å². The van der Waals surface area contributed by atoms with Crippen LogP contribution in [-0.4, -0.2) is 26.4 Å². The molecule has 0 atom stereocenters. The summed E-state index contributed by atoms with van der Waals surface area (Å²) in [5, 5.41) is 0.616. The van der Waals surface area contributed by atoms with Gasteiger partial charge < -0.3 is 4.98 Å². The highest BCUT2D eigenvalue weighted by atomic mass is 35.5. The zero-order valence-corrected chi connectivity index (χ0v) is 15.9. The third kappa shape index (κ3) is 4.18. The van der Waals surface area contributed by atoms with E-state index < -0.39 is 17.6 Å². The summed E-state index contributed by atoms with van der Waals surface area (Å²) in [6.45, 7) is 1.27. The van der Waals surface area contributed by atoms with E-state index in [4.69, 9.17) is 11.6 Å². The van der Waals surface area contributed by atoms with Gasteiger partial charge in [0, 0.05) is 42.8 Å². The predicted octanol–water partition coefficient (Wildman–Crippen LogP) is 4.06. The van der Waals surface area contributed by atoms with E-state index in [1.807, 2.05) is 40.2 Å². The number of alkyl halides is 3. The van der Waals surface area contributed by atoms with E-state index in [0.717, 1.165) is 16.8 Å². The average Bonchev–Trinajstić information content (AvgIpc) is 2.69. The normalized spacial score (nSPS) is 14.6. The molecule has 0 aliphatic carbocycles. The van der Waals surface area contributed by atoms with E-state index in [9.17, 15) is 18.0 Å². The van der Waals surface area contributed by atoms with E-state index in [1.54, 1.807) is 12.3 Å². The van der Waals surface area contributed by atoms with Crippen LogP contribution in [0.2, 0.25) is 5.02 Å². The highest BCUT2D eigenvalue weighted by Crippen LogP contribution is 2.28. The minimum absolute atomic E-state index is 0.213. The molecule has 150 valence electrons. The van der Waals surface area contributed by atoms with Gasteiger partial charge in [0.2, 0.25) is 5.82 Å². The van der Waals surface area contributed by atoms with Crippen molar-refractivity contribution in [1.82, 2.24) is 19.9 Å². The van der Waals surface area contributed by atoms with Crippen LogP contribution in [0, 0.1) is 0 Å². The van der Waals surface area contributed by atoms with Gasteiger partial charge in [-0.25, -0.2) is 4.98 Å². The van der Waals surface area contributed by atoms with Crippen molar-refractivity contribution in [2.45, 2.75) is 25.7 Å². The number of aromatic amines is 1. The van der Waals surface area contributed by atoms with Crippen molar-refractivity contribution < 1.29 is 13.2 Å². The summed E-state index contributed by atoms with van der Waals surface area (Å²) in [5.74, 6) is -1.24. The third-order valence-corrected chi connectivity index (χ3v) is 5.13. The van der Waals surface area contributed by atoms with Crippen molar-refractivity contribution in [3.05, 3.63) is 80.6 Å². The van der Waals surface area contributed by atoms with E-state index in [2.05, 4.69) is 9.97 Å². The number of hydrogen-bond acceptors (Lipinski definition) is 4. The Kier molecular flexibility index (Phi) is 5.14. The first-order valence-electron chi connectivity index (χ1n) is 8.93. The summed E-state index contributed by atoms with van der Waals surface area (Å²) in [5.41, 5.74) is 2.28. The second kappa shape index (κ2) is 7.61. The Hall–Kier alpha value is -2.71. The molecule has 0 saturated heterocycles. The SMILES string of the molecule is O=c1[nH]c(C(F)(F)F)nc2c1CN(Cc1ccc(-c3ccccc3Cl)nc1)CC2. The highest BCUT2D eigenvalue weighted by Gasteiger charge is 2.35. The number of H-pyrrole nitrogens is 1. The summed E-state index contributed by atoms with van der Waals surface area (Å²) >= 11 is 6.20. The van der Waals surface area contributed by atoms with Crippen LogP contribution < -0.4 is 5.56 Å². The molecule has 1 aliphatic rings. The van der Waals surface area contributed by atoms with Crippen LogP contribution in [0.4, 0.5) is 13.2 Å². The summed E-state index contributed by atoms with van der Waals surface area (Å²) in [6, 6.07) is 11.2. The van der Waals surface area contributed by atoms with Crippen LogP contribution >= 0.6 is 11.6 Å². The minimum atomic E-state index is -4.67. The molecular formula is C20H16ClF3N4O. The maximum absolute atomic E-state index is 12.8. The highest BCUT2D eigenvalue weighted by molar-refractivity contribution is 6.33. The van der Waals surface area contributed by atoms with E-state index in [1.165, 1.54) is 0 Å². The Morgan fingerprint density at radius 3 is 2.66 bits per heavy atom. The van der Waals surface area contributed by atoms with Crippen LogP contribution in [-0.2, 0) is 25.7 Å². The molecule has 4 rings (SSSR count). The number of rotatable bonds is 3. The minimum Gasteiger partial charge on any atom is -0.303 e. The molecule has 9 heteroatoms. The average molecular weight is 421 g/mol. The van der Waals surface area contributed by atoms with Gasteiger partial charge in [0.25, 0.3) is 5.56 Å². The first-order chi connectivity index (χ1) is 13.8. The second-order valence-corrected chi connectivity index (χ2v) is 7.24. The molecule has 0 spiro atoms. The lowest BCUT2D eigenvalue weighted by molar-refractivity contribution is -0.145. The number of fused-ring (bicyclic) bond motifs is 1. The number of benzene rings is 1. The number of halogens is 4. The molecule has 5 nitrogen and oxygen atoms in total. The molecular weight excluding hydrogens is 405 g/mol. The number of hydrogen-bond donors (Lipinski definition) is 1. The number of aromatic nitrogens is 3. The van der Waals surface area contributed by atoms with Crippen molar-refractivity contribution in [2.24, 2.45) is 0 Å². The van der Waals surface area contributed by atoms with Crippen LogP contribution in [0.25, 0.3) is 11.3 Å². The molecule has 0 radical (unpaired) electrons. The lowest BCUT2D eigenvalue weighted by Crippen LogP contribution is -2.36. The molecule has 0 fully saturated rings. The molecule has 3 aromatic rings. The van der Waals surface area contributed by atoms with Crippen molar-refractivity contribution in [3.8, 4) is 11.3 Å². The summed E-state index contributed by atoms with van der Waals surface area (Å²) in [7, 11) is 0. The first kappa shape index (κ1) is 19.6. The standard InChI is InChI=1S/C20H16ClF3N4O/c21-15-4-2-1-3-13(15)16-6-5-12(9-25-16)10-28-8-7-17-14(11-28)18(29)27-19(26-17)20(22,23)24/h1-6,9H,7-8,10-11H2,(H,26,27,29). The third-order valence-electron chi connectivity index (χ3n) is 4.80. The van der Waals surface area contributed by atoms with Crippen molar-refractivity contribution in [2.75, 3.05) is 6.54 Å². The van der Waals surface area contributed by atoms with Gasteiger partial charge in [-0.2, -0.15) is 13.2 Å². The van der Waals surface area contributed by atoms with Crippen LogP contribution in [0.3, 0.4) is 0 Å². The van der Waals surface area contributed by atoms with Gasteiger partial charge in [-0.05, 0) is 17.7 Å². The van der Waals surface area contributed by atoms with E-state index in [0.29, 0.717) is 18.1 Å². The molecule has 1 N–H and O–H groups in total. The van der Waals surface area contributed by atoms with Crippen LogP contribution in [0.1, 0.15) is 22.6 Å².